The zero-order valence-corrected chi connectivity index (χ0v) is 10.5. The van der Waals surface area contributed by atoms with Gasteiger partial charge in [0.2, 0.25) is 0 Å². The quantitative estimate of drug-likeness (QED) is 0.928. The van der Waals surface area contributed by atoms with Gasteiger partial charge in [0.25, 0.3) is 5.91 Å². The smallest absolute Gasteiger partial charge is 0.307 e. The van der Waals surface area contributed by atoms with Gasteiger partial charge >= 0.3 is 5.97 Å². The lowest BCUT2D eigenvalue weighted by atomic mass is 10.2. The molecule has 3 rings (SSSR count). The summed E-state index contributed by atoms with van der Waals surface area (Å²) < 4.78 is 15.4. The number of rotatable bonds is 3. The summed E-state index contributed by atoms with van der Waals surface area (Å²) in [6.07, 6.45) is -1.26. The van der Waals surface area contributed by atoms with Crippen molar-refractivity contribution in [2.75, 3.05) is 7.11 Å². The molecule has 1 aliphatic heterocycles. The first-order valence-corrected chi connectivity index (χ1v) is 5.93. The van der Waals surface area contributed by atoms with Crippen LogP contribution >= 0.6 is 0 Å². The average Bonchev–Trinajstić information content (AvgIpc) is 2.87. The number of fused-ring (bicyclic) bond motifs is 3. The Labute approximate surface area is 112 Å². The highest BCUT2D eigenvalue weighted by Gasteiger charge is 2.40. The predicted molar refractivity (Wildman–Crippen MR) is 66.4 cm³/mol. The summed E-state index contributed by atoms with van der Waals surface area (Å²) in [5, 5.41) is 10.5. The first kappa shape index (κ1) is 12.6. The van der Waals surface area contributed by atoms with Crippen LogP contribution in [-0.4, -0.2) is 33.7 Å². The van der Waals surface area contributed by atoms with Gasteiger partial charge in [-0.05, 0) is 12.1 Å². The Balaban J connectivity index is 2.26. The van der Waals surface area contributed by atoms with Crippen LogP contribution in [0, 0.1) is 5.82 Å². The average molecular weight is 278 g/mol. The van der Waals surface area contributed by atoms with Crippen molar-refractivity contribution in [3.05, 3.63) is 35.8 Å². The molecule has 1 aromatic carbocycles. The molecule has 1 N–H and O–H groups in total. The van der Waals surface area contributed by atoms with Gasteiger partial charge in [-0.3, -0.25) is 14.4 Å². The number of carbonyl (C=O) groups is 2. The maximum atomic E-state index is 14.0. The number of aliphatic carboxylic acids is 1. The molecule has 7 heteroatoms. The number of hydrogen-bond donors (Lipinski definition) is 1. The van der Waals surface area contributed by atoms with Crippen molar-refractivity contribution >= 4 is 22.8 Å². The Morgan fingerprint density at radius 1 is 1.50 bits per heavy atom. The van der Waals surface area contributed by atoms with Gasteiger partial charge in [0.15, 0.2) is 0 Å². The molecule has 1 atom stereocenters. The molecule has 104 valence electrons. The zero-order valence-electron chi connectivity index (χ0n) is 10.5. The highest BCUT2D eigenvalue weighted by Crippen LogP contribution is 2.36. The normalized spacial score (nSPS) is 17.8. The Bertz CT molecular complexity index is 724. The van der Waals surface area contributed by atoms with Crippen LogP contribution in [0.1, 0.15) is 23.1 Å². The van der Waals surface area contributed by atoms with Gasteiger partial charge in [-0.1, -0.05) is 12.1 Å². The third-order valence-electron chi connectivity index (χ3n) is 3.35. The Morgan fingerprint density at radius 2 is 2.25 bits per heavy atom. The maximum Gasteiger partial charge on any atom is 0.307 e. The number of carboxylic acid groups (broad SMARTS) is 1. The highest BCUT2D eigenvalue weighted by atomic mass is 19.1. The van der Waals surface area contributed by atoms with Gasteiger partial charge in [0, 0.05) is 5.39 Å². The summed E-state index contributed by atoms with van der Waals surface area (Å²) in [5.74, 6) is -2.08. The molecule has 0 fully saturated rings. The number of para-hydroxylation sites is 1. The second kappa shape index (κ2) is 4.31. The summed E-state index contributed by atoms with van der Waals surface area (Å²) in [6, 6.07) is 6.02. The molecule has 20 heavy (non-hydrogen) atoms. The van der Waals surface area contributed by atoms with E-state index in [1.165, 1.54) is 29.9 Å². The standard InChI is InChI=1S/C13H11FN2O4/c1-20-16-10(6-11(17)18)15-9(13(16)19)5-7-3-2-4-8(14)12(7)15/h2-5,10H,6H2,1H3,(H,17,18). The number of carboxylic acids is 1. The van der Waals surface area contributed by atoms with Crippen molar-refractivity contribution in [1.29, 1.82) is 0 Å². The summed E-state index contributed by atoms with van der Waals surface area (Å²) in [4.78, 5) is 28.1. The molecule has 0 spiro atoms. The lowest BCUT2D eigenvalue weighted by molar-refractivity contribution is -0.153. The minimum absolute atomic E-state index is 0.210. The van der Waals surface area contributed by atoms with Crippen LogP contribution in [0.5, 0.6) is 0 Å². The molecule has 2 heterocycles. The molecule has 1 unspecified atom stereocenters. The lowest BCUT2D eigenvalue weighted by Gasteiger charge is -2.22. The van der Waals surface area contributed by atoms with Gasteiger partial charge in [-0.2, -0.15) is 5.06 Å². The van der Waals surface area contributed by atoms with Crippen molar-refractivity contribution in [3.8, 4) is 0 Å². The van der Waals surface area contributed by atoms with E-state index in [1.54, 1.807) is 6.07 Å². The molecule has 0 radical (unpaired) electrons. The van der Waals surface area contributed by atoms with Crippen LogP contribution in [0.2, 0.25) is 0 Å². The zero-order chi connectivity index (χ0) is 14.4. The summed E-state index contributed by atoms with van der Waals surface area (Å²) in [7, 11) is 1.28. The van der Waals surface area contributed by atoms with E-state index in [4.69, 9.17) is 9.94 Å². The van der Waals surface area contributed by atoms with Crippen LogP contribution in [0.3, 0.4) is 0 Å². The van der Waals surface area contributed by atoms with E-state index in [-0.39, 0.29) is 17.6 Å². The monoisotopic (exact) mass is 278 g/mol. The van der Waals surface area contributed by atoms with Crippen LogP contribution in [-0.2, 0) is 9.63 Å². The molecule has 1 aromatic heterocycles. The van der Waals surface area contributed by atoms with Crippen molar-refractivity contribution in [3.63, 3.8) is 0 Å². The topological polar surface area (TPSA) is 71.8 Å². The molecule has 1 amide bonds. The van der Waals surface area contributed by atoms with Crippen molar-refractivity contribution in [1.82, 2.24) is 9.63 Å². The largest absolute Gasteiger partial charge is 0.481 e. The number of halogens is 1. The fourth-order valence-electron chi connectivity index (χ4n) is 2.60. The summed E-state index contributed by atoms with van der Waals surface area (Å²) >= 11 is 0. The van der Waals surface area contributed by atoms with Crippen LogP contribution in [0.25, 0.3) is 10.9 Å². The van der Waals surface area contributed by atoms with E-state index >= 15 is 0 Å². The van der Waals surface area contributed by atoms with E-state index in [0.29, 0.717) is 5.39 Å². The molecule has 1 aliphatic rings. The second-order valence-corrected chi connectivity index (χ2v) is 4.47. The fraction of sp³-hybridized carbons (Fsp3) is 0.231. The van der Waals surface area contributed by atoms with Crippen molar-refractivity contribution < 1.29 is 23.9 Å². The van der Waals surface area contributed by atoms with E-state index in [0.717, 1.165) is 5.06 Å². The number of benzene rings is 1. The highest BCUT2D eigenvalue weighted by molar-refractivity contribution is 6.01. The van der Waals surface area contributed by atoms with Crippen molar-refractivity contribution in [2.24, 2.45) is 0 Å². The van der Waals surface area contributed by atoms with Crippen molar-refractivity contribution in [2.45, 2.75) is 12.6 Å². The van der Waals surface area contributed by atoms with Gasteiger partial charge in [0.1, 0.15) is 17.7 Å². The van der Waals surface area contributed by atoms with E-state index in [2.05, 4.69) is 0 Å². The molecule has 2 aromatic rings. The summed E-state index contributed by atoms with van der Waals surface area (Å²) in [5.41, 5.74) is 0.430. The van der Waals surface area contributed by atoms with Crippen LogP contribution in [0.4, 0.5) is 4.39 Å². The Morgan fingerprint density at radius 3 is 2.90 bits per heavy atom. The molecule has 0 aliphatic carbocycles. The Kier molecular flexibility index (Phi) is 2.72. The number of carbonyl (C=O) groups excluding carboxylic acids is 1. The minimum Gasteiger partial charge on any atom is -0.481 e. The van der Waals surface area contributed by atoms with Gasteiger partial charge in [0.05, 0.1) is 19.0 Å². The number of hydrogen-bond acceptors (Lipinski definition) is 3. The van der Waals surface area contributed by atoms with E-state index < -0.39 is 23.9 Å². The van der Waals surface area contributed by atoms with E-state index in [1.807, 2.05) is 0 Å². The summed E-state index contributed by atoms with van der Waals surface area (Å²) in [6.45, 7) is 0. The SMILES string of the molecule is CON1C(=O)c2cc3cccc(F)c3n2C1CC(=O)O. The van der Waals surface area contributed by atoms with Crippen LogP contribution < -0.4 is 0 Å². The first-order valence-electron chi connectivity index (χ1n) is 5.93. The predicted octanol–water partition coefficient (Wildman–Crippen LogP) is 1.77. The molecule has 6 nitrogen and oxygen atoms in total. The number of aromatic nitrogens is 1. The van der Waals surface area contributed by atoms with Gasteiger partial charge in [-0.25, -0.2) is 4.39 Å². The molecule has 0 saturated carbocycles. The lowest BCUT2D eigenvalue weighted by Crippen LogP contribution is -2.30. The molecule has 0 bridgehead atoms. The number of hydroxylamine groups is 2. The molecule has 0 saturated heterocycles. The number of nitrogens with zero attached hydrogens (tertiary/aromatic N) is 2. The van der Waals surface area contributed by atoms with Gasteiger partial charge < -0.3 is 9.67 Å². The number of amides is 1. The maximum absolute atomic E-state index is 14.0. The first-order chi connectivity index (χ1) is 9.54. The van der Waals surface area contributed by atoms with Gasteiger partial charge in [-0.15, -0.1) is 0 Å². The minimum atomic E-state index is -1.10. The molecular weight excluding hydrogens is 267 g/mol. The third kappa shape index (κ3) is 1.60. The Hall–Kier alpha value is -2.41. The molecular formula is C13H11FN2O4. The van der Waals surface area contributed by atoms with E-state index in [9.17, 15) is 14.0 Å². The fourth-order valence-corrected chi connectivity index (χ4v) is 2.60. The third-order valence-corrected chi connectivity index (χ3v) is 3.35. The van der Waals surface area contributed by atoms with Crippen LogP contribution in [0.15, 0.2) is 24.3 Å². The second-order valence-electron chi connectivity index (χ2n) is 4.47.